The number of rotatable bonds is 10. The van der Waals surface area contributed by atoms with E-state index < -0.39 is 0 Å². The number of carbonyl (C=O) groups is 1. The van der Waals surface area contributed by atoms with Crippen molar-refractivity contribution in [2.24, 2.45) is 4.99 Å². The van der Waals surface area contributed by atoms with E-state index in [-0.39, 0.29) is 12.3 Å². The molecule has 3 rings (SSSR count). The van der Waals surface area contributed by atoms with Gasteiger partial charge in [0.2, 0.25) is 0 Å². The third-order valence-electron chi connectivity index (χ3n) is 4.44. The number of nitrogens with zero attached hydrogens (tertiary/aromatic N) is 2. The van der Waals surface area contributed by atoms with E-state index in [0.29, 0.717) is 37.8 Å². The molecule has 1 amide bonds. The molecule has 0 unspecified atom stereocenters. The van der Waals surface area contributed by atoms with Crippen LogP contribution in [-0.2, 0) is 22.5 Å². The van der Waals surface area contributed by atoms with E-state index in [1.54, 1.807) is 0 Å². The van der Waals surface area contributed by atoms with E-state index in [4.69, 9.17) is 14.2 Å². The number of aromatic nitrogens is 1. The van der Waals surface area contributed by atoms with Crippen LogP contribution in [-0.4, -0.2) is 36.9 Å². The molecule has 0 spiro atoms. The van der Waals surface area contributed by atoms with Crippen LogP contribution >= 0.6 is 11.3 Å². The van der Waals surface area contributed by atoms with Crippen molar-refractivity contribution in [1.82, 2.24) is 4.57 Å². The molecular weight excluding hydrogens is 400 g/mol. The molecule has 0 fully saturated rings. The van der Waals surface area contributed by atoms with Crippen LogP contribution in [0, 0.1) is 0 Å². The third kappa shape index (κ3) is 5.70. The average Bonchev–Trinajstić information content (AvgIpc) is 3.06. The van der Waals surface area contributed by atoms with Crippen LogP contribution in [0.1, 0.15) is 26.3 Å². The fourth-order valence-electron chi connectivity index (χ4n) is 3.10. The lowest BCUT2D eigenvalue weighted by atomic mass is 10.1. The lowest BCUT2D eigenvalue weighted by molar-refractivity contribution is -0.117. The van der Waals surface area contributed by atoms with Crippen LogP contribution in [0.2, 0.25) is 0 Å². The van der Waals surface area contributed by atoms with Crippen LogP contribution in [0.5, 0.6) is 11.5 Å². The summed E-state index contributed by atoms with van der Waals surface area (Å²) in [6.45, 7) is 8.95. The first-order valence-corrected chi connectivity index (χ1v) is 11.1. The summed E-state index contributed by atoms with van der Waals surface area (Å²) in [5.74, 6) is 1.44. The van der Waals surface area contributed by atoms with Gasteiger partial charge in [-0.25, -0.2) is 0 Å². The second kappa shape index (κ2) is 10.9. The molecule has 160 valence electrons. The van der Waals surface area contributed by atoms with E-state index in [1.807, 2.05) is 67.8 Å². The molecule has 30 heavy (non-hydrogen) atoms. The fourth-order valence-corrected chi connectivity index (χ4v) is 4.20. The Morgan fingerprint density at radius 1 is 0.967 bits per heavy atom. The molecule has 0 radical (unpaired) electrons. The van der Waals surface area contributed by atoms with Gasteiger partial charge in [0.15, 0.2) is 4.80 Å². The molecule has 0 N–H and O–H groups in total. The summed E-state index contributed by atoms with van der Waals surface area (Å²) >= 11 is 1.49. The van der Waals surface area contributed by atoms with Crippen molar-refractivity contribution in [3.8, 4) is 11.5 Å². The van der Waals surface area contributed by atoms with Gasteiger partial charge in [-0.05, 0) is 56.7 Å². The molecule has 7 heteroatoms. The van der Waals surface area contributed by atoms with E-state index in [0.717, 1.165) is 27.3 Å². The molecule has 0 saturated heterocycles. The Hall–Kier alpha value is -2.64. The van der Waals surface area contributed by atoms with Gasteiger partial charge in [-0.3, -0.25) is 4.79 Å². The van der Waals surface area contributed by atoms with E-state index in [1.165, 1.54) is 11.3 Å². The van der Waals surface area contributed by atoms with Crippen molar-refractivity contribution in [2.75, 3.05) is 26.4 Å². The minimum absolute atomic E-state index is 0.180. The molecule has 0 bridgehead atoms. The molecule has 1 heterocycles. The van der Waals surface area contributed by atoms with Gasteiger partial charge in [0.1, 0.15) is 11.5 Å². The van der Waals surface area contributed by atoms with Gasteiger partial charge in [-0.2, -0.15) is 4.99 Å². The molecule has 2 aromatic carbocycles. The van der Waals surface area contributed by atoms with E-state index >= 15 is 0 Å². The summed E-state index contributed by atoms with van der Waals surface area (Å²) in [4.78, 5) is 17.8. The zero-order valence-corrected chi connectivity index (χ0v) is 18.5. The zero-order chi connectivity index (χ0) is 21.3. The lowest BCUT2D eigenvalue weighted by Crippen LogP contribution is -2.20. The Kier molecular flexibility index (Phi) is 8.04. The van der Waals surface area contributed by atoms with E-state index in [2.05, 4.69) is 4.99 Å². The summed E-state index contributed by atoms with van der Waals surface area (Å²) < 4.78 is 19.7. The molecule has 0 atom stereocenters. The van der Waals surface area contributed by atoms with Crippen LogP contribution in [0.25, 0.3) is 10.2 Å². The van der Waals surface area contributed by atoms with Crippen molar-refractivity contribution in [3.63, 3.8) is 0 Å². The molecule has 0 aliphatic heterocycles. The minimum Gasteiger partial charge on any atom is -0.494 e. The monoisotopic (exact) mass is 428 g/mol. The molecular formula is C23H28N2O4S. The maximum atomic E-state index is 12.7. The number of amides is 1. The molecule has 6 nitrogen and oxygen atoms in total. The zero-order valence-electron chi connectivity index (χ0n) is 17.7. The van der Waals surface area contributed by atoms with Crippen molar-refractivity contribution in [3.05, 3.63) is 52.8 Å². The summed E-state index contributed by atoms with van der Waals surface area (Å²) in [6, 6.07) is 13.5. The number of hydrogen-bond acceptors (Lipinski definition) is 5. The molecule has 3 aromatic rings. The highest BCUT2D eigenvalue weighted by molar-refractivity contribution is 7.16. The first kappa shape index (κ1) is 22.1. The Morgan fingerprint density at radius 3 is 2.37 bits per heavy atom. The maximum Gasteiger partial charge on any atom is 0.252 e. The number of thiazole rings is 1. The van der Waals surface area contributed by atoms with Crippen molar-refractivity contribution in [1.29, 1.82) is 0 Å². The van der Waals surface area contributed by atoms with Crippen LogP contribution in [0.15, 0.2) is 47.5 Å². The summed E-state index contributed by atoms with van der Waals surface area (Å²) in [7, 11) is 0. The van der Waals surface area contributed by atoms with Gasteiger partial charge in [-0.15, -0.1) is 0 Å². The highest BCUT2D eigenvalue weighted by Gasteiger charge is 2.10. The predicted octanol–water partition coefficient (Wildman–Crippen LogP) is 4.21. The van der Waals surface area contributed by atoms with Crippen LogP contribution in [0.3, 0.4) is 0 Å². The second-order valence-electron chi connectivity index (χ2n) is 6.56. The maximum absolute atomic E-state index is 12.7. The minimum atomic E-state index is -0.180. The third-order valence-corrected chi connectivity index (χ3v) is 5.48. The van der Waals surface area contributed by atoms with Gasteiger partial charge in [-0.1, -0.05) is 23.5 Å². The van der Waals surface area contributed by atoms with E-state index in [9.17, 15) is 4.79 Å². The molecule has 0 aliphatic rings. The normalized spacial score (nSPS) is 11.8. The van der Waals surface area contributed by atoms with Gasteiger partial charge < -0.3 is 18.8 Å². The first-order chi connectivity index (χ1) is 14.6. The average molecular weight is 429 g/mol. The summed E-state index contributed by atoms with van der Waals surface area (Å²) in [5, 5.41) is 0. The van der Waals surface area contributed by atoms with Gasteiger partial charge in [0.25, 0.3) is 5.91 Å². The molecule has 0 aliphatic carbocycles. The number of ether oxygens (including phenoxy) is 3. The standard InChI is InChI=1S/C23H28N2O4S/c1-4-27-14-13-25-20-12-11-19(29-6-3)16-21(20)30-23(25)24-22(26)15-17-7-9-18(10-8-17)28-5-2/h7-12,16H,4-6,13-15H2,1-3H3. The first-order valence-electron chi connectivity index (χ1n) is 10.3. The number of carbonyl (C=O) groups excluding carboxylic acids is 1. The predicted molar refractivity (Wildman–Crippen MR) is 119 cm³/mol. The largest absolute Gasteiger partial charge is 0.494 e. The van der Waals surface area contributed by atoms with Crippen LogP contribution in [0.4, 0.5) is 0 Å². The van der Waals surface area contributed by atoms with Crippen LogP contribution < -0.4 is 14.3 Å². The smallest absolute Gasteiger partial charge is 0.252 e. The molecule has 0 saturated carbocycles. The highest BCUT2D eigenvalue weighted by atomic mass is 32.1. The number of hydrogen-bond donors (Lipinski definition) is 0. The summed E-state index contributed by atoms with van der Waals surface area (Å²) in [5.41, 5.74) is 1.93. The Bertz CT molecular complexity index is 1040. The SMILES string of the molecule is CCOCCn1c(=NC(=O)Cc2ccc(OCC)cc2)sc2cc(OCC)ccc21. The Balaban J connectivity index is 1.88. The summed E-state index contributed by atoms with van der Waals surface area (Å²) in [6.07, 6.45) is 0.246. The van der Waals surface area contributed by atoms with Gasteiger partial charge >= 0.3 is 0 Å². The second-order valence-corrected chi connectivity index (χ2v) is 7.56. The van der Waals surface area contributed by atoms with Crippen molar-refractivity contribution >= 4 is 27.5 Å². The van der Waals surface area contributed by atoms with Crippen molar-refractivity contribution in [2.45, 2.75) is 33.7 Å². The fraction of sp³-hybridized carbons (Fsp3) is 0.391. The lowest BCUT2D eigenvalue weighted by Gasteiger charge is -2.07. The topological polar surface area (TPSA) is 62.1 Å². The highest BCUT2D eigenvalue weighted by Crippen LogP contribution is 2.23. The van der Waals surface area contributed by atoms with Crippen molar-refractivity contribution < 1.29 is 19.0 Å². The quantitative estimate of drug-likeness (QED) is 0.454. The Morgan fingerprint density at radius 2 is 1.67 bits per heavy atom. The van der Waals surface area contributed by atoms with Gasteiger partial charge in [0.05, 0.1) is 36.5 Å². The Labute approximate surface area is 180 Å². The number of fused-ring (bicyclic) bond motifs is 1. The number of benzene rings is 2. The molecule has 1 aromatic heterocycles. The van der Waals surface area contributed by atoms with Gasteiger partial charge in [0, 0.05) is 13.2 Å².